The Balaban J connectivity index is 2.60. The quantitative estimate of drug-likeness (QED) is 0.686. The zero-order valence-electron chi connectivity index (χ0n) is 7.48. The van der Waals surface area contributed by atoms with Crippen LogP contribution in [-0.2, 0) is 4.74 Å². The third-order valence-corrected chi connectivity index (χ3v) is 1.92. The number of rotatable bonds is 1. The van der Waals surface area contributed by atoms with Crippen LogP contribution in [0, 0.1) is 0 Å². The van der Waals surface area contributed by atoms with Gasteiger partial charge in [0.05, 0.1) is 18.1 Å². The Morgan fingerprint density at radius 3 is 3.07 bits per heavy atom. The molecule has 14 heavy (non-hydrogen) atoms. The molecule has 2 rings (SSSR count). The fraction of sp³-hybridized carbons (Fsp3) is 0.111. The molecule has 72 valence electrons. The van der Waals surface area contributed by atoms with Gasteiger partial charge in [0.2, 0.25) is 0 Å². The maximum atomic E-state index is 11.2. The van der Waals surface area contributed by atoms with Gasteiger partial charge in [0.15, 0.2) is 11.4 Å². The number of carbonyl (C=O) groups excluding carboxylic acids is 1. The van der Waals surface area contributed by atoms with Gasteiger partial charge >= 0.3 is 5.97 Å². The molecule has 0 saturated carbocycles. The number of esters is 1. The molecule has 0 aliphatic carbocycles. The third kappa shape index (κ3) is 1.19. The van der Waals surface area contributed by atoms with Crippen molar-refractivity contribution in [2.75, 3.05) is 12.8 Å². The van der Waals surface area contributed by atoms with Crippen LogP contribution in [0.5, 0.6) is 0 Å². The molecule has 5 nitrogen and oxygen atoms in total. The first-order chi connectivity index (χ1) is 6.72. The van der Waals surface area contributed by atoms with E-state index in [1.54, 1.807) is 18.2 Å². The van der Waals surface area contributed by atoms with E-state index in [2.05, 4.69) is 9.89 Å². The van der Waals surface area contributed by atoms with Gasteiger partial charge in [-0.1, -0.05) is 5.16 Å². The summed E-state index contributed by atoms with van der Waals surface area (Å²) in [5, 5.41) is 4.19. The van der Waals surface area contributed by atoms with Gasteiger partial charge in [-0.15, -0.1) is 0 Å². The van der Waals surface area contributed by atoms with Crippen molar-refractivity contribution in [3.8, 4) is 0 Å². The molecule has 0 bridgehead atoms. The number of hydrogen-bond acceptors (Lipinski definition) is 5. The van der Waals surface area contributed by atoms with E-state index in [1.165, 1.54) is 7.11 Å². The van der Waals surface area contributed by atoms with Gasteiger partial charge in [0.1, 0.15) is 0 Å². The smallest absolute Gasteiger partial charge is 0.337 e. The largest absolute Gasteiger partial charge is 0.465 e. The number of carbonyl (C=O) groups is 1. The molecule has 0 aliphatic rings. The molecule has 2 aromatic rings. The zero-order chi connectivity index (χ0) is 10.1. The van der Waals surface area contributed by atoms with Crippen LogP contribution in [0.1, 0.15) is 10.4 Å². The number of aromatic nitrogens is 1. The molecule has 0 aliphatic heterocycles. The number of nitrogen functional groups attached to an aromatic ring is 1. The predicted octanol–water partition coefficient (Wildman–Crippen LogP) is 1.20. The Labute approximate surface area is 79.4 Å². The van der Waals surface area contributed by atoms with E-state index in [-0.39, 0.29) is 5.82 Å². The number of hydrogen-bond donors (Lipinski definition) is 1. The van der Waals surface area contributed by atoms with Crippen LogP contribution < -0.4 is 5.73 Å². The summed E-state index contributed by atoms with van der Waals surface area (Å²) in [5.41, 5.74) is 6.51. The van der Waals surface area contributed by atoms with Gasteiger partial charge < -0.3 is 15.0 Å². The number of nitrogens with two attached hydrogens (primary N) is 1. The summed E-state index contributed by atoms with van der Waals surface area (Å²) < 4.78 is 9.46. The molecule has 0 unspecified atom stereocenters. The fourth-order valence-electron chi connectivity index (χ4n) is 1.20. The SMILES string of the molecule is COC(=O)c1ccc2onc(N)c2c1. The highest BCUT2D eigenvalue weighted by molar-refractivity contribution is 5.96. The molecule has 5 heteroatoms. The number of nitrogens with zero attached hydrogens (tertiary/aromatic N) is 1. The van der Waals surface area contributed by atoms with E-state index in [4.69, 9.17) is 10.3 Å². The number of benzene rings is 1. The first kappa shape index (κ1) is 8.55. The Morgan fingerprint density at radius 1 is 1.57 bits per heavy atom. The maximum Gasteiger partial charge on any atom is 0.337 e. The highest BCUT2D eigenvalue weighted by Crippen LogP contribution is 2.21. The topological polar surface area (TPSA) is 78.3 Å². The Hall–Kier alpha value is -2.04. The molecule has 1 aromatic carbocycles. The number of fused-ring (bicyclic) bond motifs is 1. The van der Waals surface area contributed by atoms with Gasteiger partial charge in [0.25, 0.3) is 0 Å². The molecule has 2 N–H and O–H groups in total. The second kappa shape index (κ2) is 3.02. The van der Waals surface area contributed by atoms with Crippen LogP contribution >= 0.6 is 0 Å². The lowest BCUT2D eigenvalue weighted by atomic mass is 10.1. The lowest BCUT2D eigenvalue weighted by molar-refractivity contribution is 0.0601. The van der Waals surface area contributed by atoms with Crippen LogP contribution in [0.4, 0.5) is 5.82 Å². The molecule has 0 atom stereocenters. The first-order valence-corrected chi connectivity index (χ1v) is 3.95. The normalized spacial score (nSPS) is 10.4. The van der Waals surface area contributed by atoms with Crippen LogP contribution in [0.2, 0.25) is 0 Å². The zero-order valence-corrected chi connectivity index (χ0v) is 7.48. The summed E-state index contributed by atoms with van der Waals surface area (Å²) in [6, 6.07) is 4.82. The minimum atomic E-state index is -0.410. The van der Waals surface area contributed by atoms with Crippen molar-refractivity contribution >= 4 is 22.8 Å². The molecule has 1 heterocycles. The molecule has 0 spiro atoms. The Kier molecular flexibility index (Phi) is 1.85. The third-order valence-electron chi connectivity index (χ3n) is 1.92. The minimum Gasteiger partial charge on any atom is -0.465 e. The average molecular weight is 192 g/mol. The van der Waals surface area contributed by atoms with E-state index >= 15 is 0 Å². The summed E-state index contributed by atoms with van der Waals surface area (Å²) in [6.45, 7) is 0. The van der Waals surface area contributed by atoms with Crippen LogP contribution in [0.3, 0.4) is 0 Å². The standard InChI is InChI=1S/C9H8N2O3/c1-13-9(12)5-2-3-7-6(4-5)8(10)11-14-7/h2-4H,1H3,(H2,10,11). The highest BCUT2D eigenvalue weighted by atomic mass is 16.5. The van der Waals surface area contributed by atoms with Crippen molar-refractivity contribution in [1.29, 1.82) is 0 Å². The number of ether oxygens (including phenoxy) is 1. The van der Waals surface area contributed by atoms with Gasteiger partial charge in [0, 0.05) is 0 Å². The molecule has 0 amide bonds. The summed E-state index contributed by atoms with van der Waals surface area (Å²) in [4.78, 5) is 11.2. The van der Waals surface area contributed by atoms with E-state index in [0.29, 0.717) is 16.5 Å². The number of methoxy groups -OCH3 is 1. The van der Waals surface area contributed by atoms with Crippen molar-refractivity contribution in [2.24, 2.45) is 0 Å². The molecule has 0 radical (unpaired) electrons. The molecular weight excluding hydrogens is 184 g/mol. The van der Waals surface area contributed by atoms with Gasteiger partial charge in [-0.25, -0.2) is 4.79 Å². The first-order valence-electron chi connectivity index (χ1n) is 3.95. The van der Waals surface area contributed by atoms with Gasteiger partial charge in [-0.05, 0) is 18.2 Å². The fourth-order valence-corrected chi connectivity index (χ4v) is 1.20. The van der Waals surface area contributed by atoms with E-state index in [1.807, 2.05) is 0 Å². The second-order valence-electron chi connectivity index (χ2n) is 2.77. The molecular formula is C9H8N2O3. The average Bonchev–Trinajstić information content (AvgIpc) is 2.59. The molecule has 1 aromatic heterocycles. The monoisotopic (exact) mass is 192 g/mol. The summed E-state index contributed by atoms with van der Waals surface area (Å²) in [6.07, 6.45) is 0. The summed E-state index contributed by atoms with van der Waals surface area (Å²) in [7, 11) is 1.32. The highest BCUT2D eigenvalue weighted by Gasteiger charge is 2.10. The van der Waals surface area contributed by atoms with Crippen LogP contribution in [0.25, 0.3) is 11.0 Å². The Bertz CT molecular complexity index is 490. The second-order valence-corrected chi connectivity index (χ2v) is 2.77. The molecule has 0 fully saturated rings. The summed E-state index contributed by atoms with van der Waals surface area (Å²) in [5.74, 6) is -0.141. The van der Waals surface area contributed by atoms with Crippen LogP contribution in [0.15, 0.2) is 22.7 Å². The van der Waals surface area contributed by atoms with E-state index in [9.17, 15) is 4.79 Å². The Morgan fingerprint density at radius 2 is 2.36 bits per heavy atom. The van der Waals surface area contributed by atoms with E-state index in [0.717, 1.165) is 0 Å². The van der Waals surface area contributed by atoms with Crippen molar-refractivity contribution < 1.29 is 14.1 Å². The molecule has 0 saturated heterocycles. The maximum absolute atomic E-state index is 11.2. The van der Waals surface area contributed by atoms with Crippen LogP contribution in [-0.4, -0.2) is 18.2 Å². The van der Waals surface area contributed by atoms with Crippen molar-refractivity contribution in [3.05, 3.63) is 23.8 Å². The van der Waals surface area contributed by atoms with Crippen molar-refractivity contribution in [2.45, 2.75) is 0 Å². The number of anilines is 1. The van der Waals surface area contributed by atoms with Crippen molar-refractivity contribution in [3.63, 3.8) is 0 Å². The van der Waals surface area contributed by atoms with Gasteiger partial charge in [-0.3, -0.25) is 0 Å². The minimum absolute atomic E-state index is 0.269. The summed E-state index contributed by atoms with van der Waals surface area (Å²) >= 11 is 0. The van der Waals surface area contributed by atoms with Crippen molar-refractivity contribution in [1.82, 2.24) is 5.16 Å². The van der Waals surface area contributed by atoms with E-state index < -0.39 is 5.97 Å². The predicted molar refractivity (Wildman–Crippen MR) is 49.8 cm³/mol. The lowest BCUT2D eigenvalue weighted by Gasteiger charge is -1.97. The van der Waals surface area contributed by atoms with Gasteiger partial charge in [-0.2, -0.15) is 0 Å². The lowest BCUT2D eigenvalue weighted by Crippen LogP contribution is -2.00.